The Hall–Kier alpha value is -3.95. The predicted molar refractivity (Wildman–Crippen MR) is 90.9 cm³/mol. The Bertz CT molecular complexity index is 1050. The highest BCUT2D eigenvalue weighted by Gasteiger charge is 2.32. The third kappa shape index (κ3) is 3.03. The van der Waals surface area contributed by atoms with Gasteiger partial charge in [-0.15, -0.1) is 0 Å². The lowest BCUT2D eigenvalue weighted by molar-refractivity contribution is -0.145. The minimum absolute atomic E-state index is 0.109. The molecule has 2 heterocycles. The Balaban J connectivity index is 2.06. The predicted octanol–water partition coefficient (Wildman–Crippen LogP) is -0.0538. The number of nitrogen functional groups attached to an aromatic ring is 1. The van der Waals surface area contributed by atoms with Crippen molar-refractivity contribution in [2.24, 2.45) is 0 Å². The third-order valence-corrected chi connectivity index (χ3v) is 4.18. The molecule has 1 aliphatic rings. The van der Waals surface area contributed by atoms with Crippen molar-refractivity contribution in [1.82, 2.24) is 9.88 Å². The lowest BCUT2D eigenvalue weighted by atomic mass is 9.95. The molecular weight excluding hydrogens is 358 g/mol. The highest BCUT2D eigenvalue weighted by Crippen LogP contribution is 2.25. The zero-order valence-corrected chi connectivity index (χ0v) is 13.6. The van der Waals surface area contributed by atoms with Crippen LogP contribution in [0.4, 0.5) is 5.82 Å². The van der Waals surface area contributed by atoms with Gasteiger partial charge in [-0.25, -0.2) is 0 Å². The molecule has 0 saturated carbocycles. The zero-order valence-electron chi connectivity index (χ0n) is 13.6. The normalized spacial score (nSPS) is 13.8. The fraction of sp³-hybridized carbons (Fsp3) is 0.118. The number of anilines is 1. The van der Waals surface area contributed by atoms with Crippen LogP contribution in [-0.2, 0) is 9.59 Å². The van der Waals surface area contributed by atoms with E-state index in [0.29, 0.717) is 0 Å². The summed E-state index contributed by atoms with van der Waals surface area (Å²) in [6.07, 6.45) is -0.599. The van der Waals surface area contributed by atoms with Gasteiger partial charge in [0.25, 0.3) is 17.4 Å². The number of hydrogen-bond acceptors (Lipinski definition) is 6. The summed E-state index contributed by atoms with van der Waals surface area (Å²) in [4.78, 5) is 58.0. The molecule has 0 saturated heterocycles. The number of carboxylic acid groups (broad SMARTS) is 2. The Kier molecular flexibility index (Phi) is 4.24. The number of rotatable bonds is 5. The number of aliphatic carboxylic acids is 2. The standard InChI is InChI=1S/C17H13N3O7/c18-14-13-10(15(24)19-16(13)25)5-11(21)20(14)8-3-1-7(2-4-8)9(17(26)27)6-12(22)23/h1-5,9H,6,18H2,(H,22,23)(H,26,27)(H,19,24,25). The molecule has 27 heavy (non-hydrogen) atoms. The molecule has 2 aromatic rings. The first-order valence-electron chi connectivity index (χ1n) is 7.67. The summed E-state index contributed by atoms with van der Waals surface area (Å²) in [6, 6.07) is 6.48. The summed E-state index contributed by atoms with van der Waals surface area (Å²) in [7, 11) is 0. The van der Waals surface area contributed by atoms with E-state index >= 15 is 0 Å². The molecule has 2 amide bonds. The number of hydrogen-bond donors (Lipinski definition) is 4. The SMILES string of the molecule is Nc1c2c(cc(=O)n1-c1ccc(C(CC(=O)O)C(=O)O)cc1)C(=O)NC2=O. The van der Waals surface area contributed by atoms with E-state index in [1.807, 2.05) is 0 Å². The molecular formula is C17H13N3O7. The van der Waals surface area contributed by atoms with Crippen molar-refractivity contribution < 1.29 is 29.4 Å². The van der Waals surface area contributed by atoms with E-state index in [1.54, 1.807) is 0 Å². The summed E-state index contributed by atoms with van der Waals surface area (Å²) >= 11 is 0. The maximum atomic E-state index is 12.3. The molecule has 1 aromatic carbocycles. The summed E-state index contributed by atoms with van der Waals surface area (Å²) in [5.41, 5.74) is 5.50. The number of imide groups is 1. The fourth-order valence-electron chi connectivity index (χ4n) is 2.92. The van der Waals surface area contributed by atoms with E-state index in [4.69, 9.17) is 10.8 Å². The Morgan fingerprint density at radius 2 is 1.70 bits per heavy atom. The van der Waals surface area contributed by atoms with Crippen molar-refractivity contribution in [3.05, 3.63) is 57.4 Å². The lowest BCUT2D eigenvalue weighted by Gasteiger charge is -2.14. The molecule has 0 bridgehead atoms. The number of fused-ring (bicyclic) bond motifs is 1. The van der Waals surface area contributed by atoms with E-state index in [0.717, 1.165) is 10.6 Å². The molecule has 0 aliphatic carbocycles. The first-order chi connectivity index (χ1) is 12.7. The van der Waals surface area contributed by atoms with Gasteiger partial charge in [0, 0.05) is 6.07 Å². The third-order valence-electron chi connectivity index (χ3n) is 4.18. The average molecular weight is 371 g/mol. The monoisotopic (exact) mass is 371 g/mol. The quantitative estimate of drug-likeness (QED) is 0.530. The molecule has 138 valence electrons. The van der Waals surface area contributed by atoms with Crippen LogP contribution in [0.25, 0.3) is 5.69 Å². The second kappa shape index (κ2) is 6.41. The van der Waals surface area contributed by atoms with Crippen LogP contribution in [0.2, 0.25) is 0 Å². The van der Waals surface area contributed by atoms with Gasteiger partial charge in [-0.3, -0.25) is 33.9 Å². The van der Waals surface area contributed by atoms with Crippen LogP contribution in [0.1, 0.15) is 38.6 Å². The Morgan fingerprint density at radius 3 is 2.26 bits per heavy atom. The maximum absolute atomic E-state index is 12.3. The molecule has 10 nitrogen and oxygen atoms in total. The zero-order chi connectivity index (χ0) is 19.9. The smallest absolute Gasteiger partial charge is 0.311 e. The molecule has 3 rings (SSSR count). The van der Waals surface area contributed by atoms with Crippen molar-refractivity contribution in [3.8, 4) is 5.69 Å². The molecule has 1 aromatic heterocycles. The van der Waals surface area contributed by atoms with Crippen LogP contribution in [-0.4, -0.2) is 38.5 Å². The van der Waals surface area contributed by atoms with Crippen LogP contribution in [0.15, 0.2) is 35.1 Å². The highest BCUT2D eigenvalue weighted by atomic mass is 16.4. The van der Waals surface area contributed by atoms with E-state index in [2.05, 4.69) is 5.32 Å². The van der Waals surface area contributed by atoms with E-state index in [9.17, 15) is 29.1 Å². The number of nitrogens with two attached hydrogens (primary N) is 1. The number of aromatic nitrogens is 1. The highest BCUT2D eigenvalue weighted by molar-refractivity contribution is 6.23. The molecule has 10 heteroatoms. The van der Waals surface area contributed by atoms with Gasteiger partial charge in [0.05, 0.1) is 29.2 Å². The summed E-state index contributed by atoms with van der Waals surface area (Å²) < 4.78 is 1.01. The number of carbonyl (C=O) groups excluding carboxylic acids is 2. The first kappa shape index (κ1) is 17.9. The van der Waals surface area contributed by atoms with Crippen molar-refractivity contribution in [2.75, 3.05) is 5.73 Å². The number of benzene rings is 1. The summed E-state index contributed by atoms with van der Waals surface area (Å²) in [5, 5.41) is 20.1. The number of nitrogens with one attached hydrogen (secondary N) is 1. The Morgan fingerprint density at radius 1 is 1.07 bits per heavy atom. The molecule has 1 unspecified atom stereocenters. The second-order valence-electron chi connectivity index (χ2n) is 5.86. The van der Waals surface area contributed by atoms with E-state index < -0.39 is 41.7 Å². The van der Waals surface area contributed by atoms with Gasteiger partial charge >= 0.3 is 11.9 Å². The van der Waals surface area contributed by atoms with Crippen molar-refractivity contribution in [3.63, 3.8) is 0 Å². The fourth-order valence-corrected chi connectivity index (χ4v) is 2.92. The van der Waals surface area contributed by atoms with E-state index in [1.165, 1.54) is 24.3 Å². The topological polar surface area (TPSA) is 169 Å². The minimum atomic E-state index is -1.30. The largest absolute Gasteiger partial charge is 0.481 e. The number of amides is 2. The van der Waals surface area contributed by atoms with Gasteiger partial charge in [-0.2, -0.15) is 0 Å². The molecule has 0 radical (unpaired) electrons. The van der Waals surface area contributed by atoms with Crippen molar-refractivity contribution in [1.29, 1.82) is 0 Å². The van der Waals surface area contributed by atoms with Crippen LogP contribution in [0.3, 0.4) is 0 Å². The van der Waals surface area contributed by atoms with Gasteiger partial charge < -0.3 is 15.9 Å². The molecule has 1 aliphatic heterocycles. The number of carboxylic acids is 2. The maximum Gasteiger partial charge on any atom is 0.311 e. The van der Waals surface area contributed by atoms with Crippen LogP contribution < -0.4 is 16.6 Å². The van der Waals surface area contributed by atoms with Gasteiger partial charge in [-0.05, 0) is 17.7 Å². The average Bonchev–Trinajstić information content (AvgIpc) is 2.87. The summed E-state index contributed by atoms with van der Waals surface area (Å²) in [5.74, 6) is -5.47. The van der Waals surface area contributed by atoms with Crippen LogP contribution >= 0.6 is 0 Å². The minimum Gasteiger partial charge on any atom is -0.481 e. The Labute approximate surface area is 150 Å². The lowest BCUT2D eigenvalue weighted by Crippen LogP contribution is -2.24. The van der Waals surface area contributed by atoms with Gasteiger partial charge in [0.2, 0.25) is 0 Å². The molecule has 0 spiro atoms. The number of pyridine rings is 1. The number of nitrogens with zero attached hydrogens (tertiary/aromatic N) is 1. The van der Waals surface area contributed by atoms with Crippen molar-refractivity contribution >= 4 is 29.6 Å². The van der Waals surface area contributed by atoms with Gasteiger partial charge in [0.15, 0.2) is 0 Å². The van der Waals surface area contributed by atoms with Crippen LogP contribution in [0.5, 0.6) is 0 Å². The van der Waals surface area contributed by atoms with Gasteiger partial charge in [-0.1, -0.05) is 12.1 Å². The summed E-state index contributed by atoms with van der Waals surface area (Å²) in [6.45, 7) is 0. The van der Waals surface area contributed by atoms with Crippen LogP contribution in [0, 0.1) is 0 Å². The van der Waals surface area contributed by atoms with E-state index in [-0.39, 0.29) is 28.2 Å². The second-order valence-corrected chi connectivity index (χ2v) is 5.86. The first-order valence-corrected chi connectivity index (χ1v) is 7.67. The molecule has 5 N–H and O–H groups in total. The van der Waals surface area contributed by atoms with Gasteiger partial charge in [0.1, 0.15) is 5.82 Å². The molecule has 0 fully saturated rings. The molecule has 1 atom stereocenters. The van der Waals surface area contributed by atoms with Crippen molar-refractivity contribution in [2.45, 2.75) is 12.3 Å². The number of carbonyl (C=O) groups is 4.